The fourth-order valence-electron chi connectivity index (χ4n) is 3.68. The molecule has 1 unspecified atom stereocenters. The number of unbranched alkanes of at least 4 members (excludes halogenated alkanes) is 2. The quantitative estimate of drug-likeness (QED) is 0.158. The summed E-state index contributed by atoms with van der Waals surface area (Å²) in [6, 6.07) is 9.90. The van der Waals surface area contributed by atoms with Gasteiger partial charge in [-0.15, -0.1) is 0 Å². The Morgan fingerprint density at radius 2 is 1.85 bits per heavy atom. The number of carbonyl (C=O) groups excluding carboxylic acids is 1. The Morgan fingerprint density at radius 3 is 2.53 bits per heavy atom. The van der Waals surface area contributed by atoms with Gasteiger partial charge in [-0.1, -0.05) is 50.1 Å². The molecule has 1 aliphatic heterocycles. The molecule has 2 aromatic rings. The van der Waals surface area contributed by atoms with Gasteiger partial charge in [0.2, 0.25) is 6.79 Å². The van der Waals surface area contributed by atoms with Crippen molar-refractivity contribution in [2.24, 2.45) is 5.41 Å². The van der Waals surface area contributed by atoms with Gasteiger partial charge >= 0.3 is 13.6 Å². The van der Waals surface area contributed by atoms with Gasteiger partial charge in [-0.05, 0) is 58.2 Å². The third kappa shape index (κ3) is 6.31. The first-order valence-electron chi connectivity index (χ1n) is 11.6. The molecule has 0 bridgehead atoms. The smallest absolute Gasteiger partial charge is 0.379 e. The molecule has 0 amide bonds. The number of benzene rings is 2. The van der Waals surface area contributed by atoms with Crippen molar-refractivity contribution in [2.75, 3.05) is 13.5 Å². The second-order valence-corrected chi connectivity index (χ2v) is 11.8. The highest BCUT2D eigenvalue weighted by Crippen LogP contribution is 2.53. The summed E-state index contributed by atoms with van der Waals surface area (Å²) in [4.78, 5) is 12.0. The van der Waals surface area contributed by atoms with Crippen LogP contribution in [-0.2, 0) is 25.0 Å². The number of rotatable bonds is 9. The highest BCUT2D eigenvalue weighted by Gasteiger charge is 2.30. The van der Waals surface area contributed by atoms with Crippen LogP contribution in [0.1, 0.15) is 63.6 Å². The Balaban J connectivity index is 1.94. The summed E-state index contributed by atoms with van der Waals surface area (Å²) in [5, 5.41) is 0. The number of aryl methyl sites for hydroxylation is 2. The molecular formula is C27H35O6P. The first kappa shape index (κ1) is 26.1. The summed E-state index contributed by atoms with van der Waals surface area (Å²) < 4.78 is 35.8. The van der Waals surface area contributed by atoms with E-state index in [0.717, 1.165) is 47.9 Å². The molecule has 0 saturated heterocycles. The number of carbonyl (C=O) groups is 1. The van der Waals surface area contributed by atoms with Crippen molar-refractivity contribution in [2.45, 2.75) is 60.3 Å². The molecule has 3 rings (SSSR count). The molecule has 0 fully saturated rings. The maximum Gasteiger partial charge on any atom is 0.379 e. The highest BCUT2D eigenvalue weighted by atomic mass is 31.2. The largest absolute Gasteiger partial charge is 0.457 e. The molecule has 1 heterocycles. The van der Waals surface area contributed by atoms with Gasteiger partial charge in [0.15, 0.2) is 0 Å². The molecular weight excluding hydrogens is 451 g/mol. The van der Waals surface area contributed by atoms with Gasteiger partial charge in [-0.25, -0.2) is 4.57 Å². The number of ether oxygens (including phenoxy) is 2. The van der Waals surface area contributed by atoms with E-state index in [9.17, 15) is 9.36 Å². The average molecular weight is 487 g/mol. The van der Waals surface area contributed by atoms with Crippen LogP contribution >= 0.6 is 7.60 Å². The Labute approximate surface area is 202 Å². The minimum Gasteiger partial charge on any atom is -0.457 e. The van der Waals surface area contributed by atoms with Crippen LogP contribution in [0.25, 0.3) is 16.9 Å². The lowest BCUT2D eigenvalue weighted by molar-refractivity contribution is -0.159. The molecule has 0 aliphatic carbocycles. The van der Waals surface area contributed by atoms with E-state index >= 15 is 0 Å². The highest BCUT2D eigenvalue weighted by molar-refractivity contribution is 7.53. The van der Waals surface area contributed by atoms with Crippen LogP contribution in [-0.4, -0.2) is 19.4 Å². The molecule has 6 nitrogen and oxygen atoms in total. The van der Waals surface area contributed by atoms with E-state index in [1.54, 1.807) is 20.8 Å². The number of hydrogen-bond acceptors (Lipinski definition) is 6. The number of fused-ring (bicyclic) bond motifs is 3. The topological polar surface area (TPSA) is 71.1 Å². The molecule has 7 heteroatoms. The monoisotopic (exact) mass is 486 g/mol. The maximum atomic E-state index is 13.2. The van der Waals surface area contributed by atoms with Crippen LogP contribution in [0.3, 0.4) is 0 Å². The molecule has 34 heavy (non-hydrogen) atoms. The summed E-state index contributed by atoms with van der Waals surface area (Å²) in [6.45, 7) is 14.4. The summed E-state index contributed by atoms with van der Waals surface area (Å²) >= 11 is 0. The summed E-state index contributed by atoms with van der Waals surface area (Å²) in [7, 11) is -3.62. The van der Waals surface area contributed by atoms with Crippen LogP contribution in [0.15, 0.2) is 36.9 Å². The van der Waals surface area contributed by atoms with Crippen LogP contribution in [0.4, 0.5) is 0 Å². The third-order valence-electron chi connectivity index (χ3n) is 5.53. The summed E-state index contributed by atoms with van der Waals surface area (Å²) in [5.74, 6) is 1.14. The zero-order valence-electron chi connectivity index (χ0n) is 21.0. The fraction of sp³-hybridized carbons (Fsp3) is 0.444. The van der Waals surface area contributed by atoms with E-state index in [1.807, 2.05) is 37.3 Å². The minimum atomic E-state index is -3.62. The lowest BCUT2D eigenvalue weighted by Crippen LogP contribution is -2.23. The van der Waals surface area contributed by atoms with Gasteiger partial charge in [0.05, 0.1) is 17.6 Å². The van der Waals surface area contributed by atoms with Crippen LogP contribution in [0.2, 0.25) is 0 Å². The van der Waals surface area contributed by atoms with E-state index in [2.05, 4.69) is 13.5 Å². The molecule has 1 aliphatic rings. The average Bonchev–Trinajstić information content (AvgIpc) is 2.72. The maximum absolute atomic E-state index is 13.2. The van der Waals surface area contributed by atoms with Gasteiger partial charge in [-0.3, -0.25) is 9.32 Å². The minimum absolute atomic E-state index is 0.413. The van der Waals surface area contributed by atoms with Crippen LogP contribution < -0.4 is 9.26 Å². The molecule has 0 aromatic heterocycles. The first-order valence-corrected chi connectivity index (χ1v) is 13.6. The predicted octanol–water partition coefficient (Wildman–Crippen LogP) is 7.52. The number of hydrogen-bond donors (Lipinski definition) is 0. The standard InChI is InChI=1S/C27H35O6P/c1-8-9-10-11-20-15-23-25(22-14-18(2)12-13-21(22)19(3)32-23)24(16-20)33-34(7,29)31-17-30-26(28)27(4,5)6/h12-16H,3,8-11,17H2,1-2,4-7H3. The molecule has 0 saturated carbocycles. The van der Waals surface area contributed by atoms with Crippen molar-refractivity contribution in [1.82, 2.24) is 0 Å². The van der Waals surface area contributed by atoms with Crippen molar-refractivity contribution >= 4 is 19.3 Å². The van der Waals surface area contributed by atoms with Crippen molar-refractivity contribution in [3.8, 4) is 22.6 Å². The van der Waals surface area contributed by atoms with Gasteiger partial charge in [-0.2, -0.15) is 0 Å². The second kappa shape index (κ2) is 10.4. The van der Waals surface area contributed by atoms with Gasteiger partial charge in [0, 0.05) is 11.1 Å². The van der Waals surface area contributed by atoms with Crippen molar-refractivity contribution in [1.29, 1.82) is 0 Å². The Kier molecular flexibility index (Phi) is 7.95. The zero-order chi connectivity index (χ0) is 25.1. The second-order valence-electron chi connectivity index (χ2n) is 9.79. The fourth-order valence-corrected chi connectivity index (χ4v) is 4.48. The summed E-state index contributed by atoms with van der Waals surface area (Å²) in [6.07, 6.45) is 4.08. The van der Waals surface area contributed by atoms with Crippen LogP contribution in [0, 0.1) is 12.3 Å². The van der Waals surface area contributed by atoms with E-state index in [-0.39, 0.29) is 0 Å². The lowest BCUT2D eigenvalue weighted by Gasteiger charge is -2.27. The third-order valence-corrected chi connectivity index (χ3v) is 6.63. The Bertz CT molecular complexity index is 1130. The van der Waals surface area contributed by atoms with Crippen molar-refractivity contribution in [3.05, 3.63) is 53.6 Å². The normalized spacial score (nSPS) is 14.5. The van der Waals surface area contributed by atoms with Gasteiger partial charge < -0.3 is 14.0 Å². The molecule has 0 spiro atoms. The predicted molar refractivity (Wildman–Crippen MR) is 135 cm³/mol. The number of esters is 1. The molecule has 2 aromatic carbocycles. The van der Waals surface area contributed by atoms with E-state index in [1.165, 1.54) is 6.66 Å². The Hall–Kier alpha value is -2.56. The van der Waals surface area contributed by atoms with E-state index < -0.39 is 25.8 Å². The van der Waals surface area contributed by atoms with Crippen molar-refractivity contribution in [3.63, 3.8) is 0 Å². The SMILES string of the molecule is C=C1Oc2cc(CCCCC)cc(OP(C)(=O)OCOC(=O)C(C)(C)C)c2-c2cc(C)ccc21. The summed E-state index contributed by atoms with van der Waals surface area (Å²) in [5.41, 5.74) is 3.87. The van der Waals surface area contributed by atoms with Gasteiger partial charge in [0.1, 0.15) is 17.3 Å². The molecule has 1 atom stereocenters. The Morgan fingerprint density at radius 1 is 1.12 bits per heavy atom. The zero-order valence-corrected chi connectivity index (χ0v) is 21.9. The first-order chi connectivity index (χ1) is 15.9. The molecule has 0 N–H and O–H groups in total. The van der Waals surface area contributed by atoms with Crippen LogP contribution in [0.5, 0.6) is 11.5 Å². The van der Waals surface area contributed by atoms with E-state index in [4.69, 9.17) is 18.5 Å². The lowest BCUT2D eigenvalue weighted by atomic mass is 9.91. The molecule has 184 valence electrons. The van der Waals surface area contributed by atoms with Gasteiger partial charge in [0.25, 0.3) is 0 Å². The molecule has 0 radical (unpaired) electrons. The van der Waals surface area contributed by atoms with Crippen molar-refractivity contribution < 1.29 is 27.9 Å². The van der Waals surface area contributed by atoms with E-state index in [0.29, 0.717) is 22.8 Å².